The van der Waals surface area contributed by atoms with Crippen LogP contribution < -0.4 is 5.32 Å². The normalized spacial score (nSPS) is 23.9. The highest BCUT2D eigenvalue weighted by Gasteiger charge is 2.32. The maximum atomic E-state index is 11.9. The van der Waals surface area contributed by atoms with Crippen LogP contribution in [-0.2, 0) is 4.79 Å². The first-order valence-corrected chi connectivity index (χ1v) is 7.65. The fourth-order valence-electron chi connectivity index (χ4n) is 2.60. The molecule has 1 aliphatic heterocycles. The molecule has 1 aliphatic carbocycles. The number of carbonyl (C=O) groups is 1. The van der Waals surface area contributed by atoms with Crippen molar-refractivity contribution in [3.05, 3.63) is 21.9 Å². The summed E-state index contributed by atoms with van der Waals surface area (Å²) in [5.41, 5.74) is 0. The maximum absolute atomic E-state index is 11.9. The fraction of sp³-hybridized carbons (Fsp3) is 0.643. The number of rotatable bonds is 5. The van der Waals surface area contributed by atoms with E-state index in [4.69, 9.17) is 0 Å². The highest BCUT2D eigenvalue weighted by molar-refractivity contribution is 7.12. The third-order valence-corrected chi connectivity index (χ3v) is 4.87. The van der Waals surface area contributed by atoms with Gasteiger partial charge in [-0.25, -0.2) is 0 Å². The monoisotopic (exact) mass is 264 g/mol. The second kappa shape index (κ2) is 5.02. The third-order valence-electron chi connectivity index (χ3n) is 3.82. The number of thiophene rings is 1. The van der Waals surface area contributed by atoms with Crippen molar-refractivity contribution in [3.63, 3.8) is 0 Å². The van der Waals surface area contributed by atoms with Gasteiger partial charge in [0.1, 0.15) is 6.17 Å². The molecule has 1 saturated heterocycles. The Bertz CT molecular complexity index is 439. The SMILES string of the molecule is Cc1ccc(C2NCC(=O)N2CCCC2CC2)s1. The molecule has 0 aromatic carbocycles. The lowest BCUT2D eigenvalue weighted by Gasteiger charge is -2.23. The van der Waals surface area contributed by atoms with E-state index >= 15 is 0 Å². The minimum atomic E-state index is 0.121. The van der Waals surface area contributed by atoms with E-state index < -0.39 is 0 Å². The minimum absolute atomic E-state index is 0.121. The predicted molar refractivity (Wildman–Crippen MR) is 73.5 cm³/mol. The van der Waals surface area contributed by atoms with Crippen molar-refractivity contribution < 1.29 is 4.79 Å². The molecule has 1 saturated carbocycles. The molecule has 98 valence electrons. The lowest BCUT2D eigenvalue weighted by Crippen LogP contribution is -2.30. The van der Waals surface area contributed by atoms with Crippen LogP contribution in [0.3, 0.4) is 0 Å². The third kappa shape index (κ3) is 2.59. The molecule has 3 nitrogen and oxygen atoms in total. The summed E-state index contributed by atoms with van der Waals surface area (Å²) in [7, 11) is 0. The van der Waals surface area contributed by atoms with Crippen molar-refractivity contribution in [1.82, 2.24) is 10.2 Å². The molecule has 4 heteroatoms. The summed E-state index contributed by atoms with van der Waals surface area (Å²) in [6.07, 6.45) is 5.37. The van der Waals surface area contributed by atoms with Gasteiger partial charge in [-0.05, 0) is 37.8 Å². The van der Waals surface area contributed by atoms with Gasteiger partial charge in [0.2, 0.25) is 5.91 Å². The van der Waals surface area contributed by atoms with Gasteiger partial charge in [-0.1, -0.05) is 12.8 Å². The molecular weight excluding hydrogens is 244 g/mol. The van der Waals surface area contributed by atoms with Gasteiger partial charge in [0, 0.05) is 16.3 Å². The van der Waals surface area contributed by atoms with Gasteiger partial charge in [-0.2, -0.15) is 0 Å². The van der Waals surface area contributed by atoms with Gasteiger partial charge >= 0.3 is 0 Å². The van der Waals surface area contributed by atoms with E-state index in [9.17, 15) is 4.79 Å². The molecule has 1 atom stereocenters. The zero-order valence-electron chi connectivity index (χ0n) is 10.8. The van der Waals surface area contributed by atoms with E-state index in [1.165, 1.54) is 29.0 Å². The standard InChI is InChI=1S/C14H20N2OS/c1-10-4-7-12(18-10)14-15-9-13(17)16(14)8-2-3-11-5-6-11/h4,7,11,14-15H,2-3,5-6,8-9H2,1H3. The van der Waals surface area contributed by atoms with E-state index in [1.807, 2.05) is 4.90 Å². The number of aryl methyl sites for hydroxylation is 1. The van der Waals surface area contributed by atoms with Crippen LogP contribution in [0.25, 0.3) is 0 Å². The molecule has 2 fully saturated rings. The van der Waals surface area contributed by atoms with Crippen LogP contribution in [0.1, 0.15) is 41.6 Å². The molecule has 1 unspecified atom stereocenters. The highest BCUT2D eigenvalue weighted by atomic mass is 32.1. The second-order valence-corrected chi connectivity index (χ2v) is 6.72. The van der Waals surface area contributed by atoms with Crippen LogP contribution in [0.5, 0.6) is 0 Å². The van der Waals surface area contributed by atoms with E-state index in [0.717, 1.165) is 18.9 Å². The summed E-state index contributed by atoms with van der Waals surface area (Å²) in [5, 5.41) is 3.33. The van der Waals surface area contributed by atoms with E-state index in [1.54, 1.807) is 11.3 Å². The quantitative estimate of drug-likeness (QED) is 0.887. The molecule has 2 aliphatic rings. The molecule has 0 radical (unpaired) electrons. The number of nitrogens with one attached hydrogen (secondary N) is 1. The Labute approximate surface area is 112 Å². The largest absolute Gasteiger partial charge is 0.321 e. The molecule has 0 bridgehead atoms. The molecule has 1 aromatic heterocycles. The molecule has 1 amide bonds. The summed E-state index contributed by atoms with van der Waals surface area (Å²) in [6.45, 7) is 3.51. The Morgan fingerprint density at radius 3 is 2.94 bits per heavy atom. The topological polar surface area (TPSA) is 32.3 Å². The van der Waals surface area contributed by atoms with E-state index in [0.29, 0.717) is 6.54 Å². The zero-order valence-corrected chi connectivity index (χ0v) is 11.6. The van der Waals surface area contributed by atoms with Gasteiger partial charge in [0.25, 0.3) is 0 Å². The Morgan fingerprint density at radius 1 is 1.44 bits per heavy atom. The van der Waals surface area contributed by atoms with Crippen molar-refractivity contribution in [3.8, 4) is 0 Å². The maximum Gasteiger partial charge on any atom is 0.238 e. The lowest BCUT2D eigenvalue weighted by molar-refractivity contribution is -0.128. The molecule has 2 heterocycles. The summed E-state index contributed by atoms with van der Waals surface area (Å²) in [6, 6.07) is 4.27. The number of nitrogens with zero attached hydrogens (tertiary/aromatic N) is 1. The Balaban J connectivity index is 1.62. The number of hydrogen-bond donors (Lipinski definition) is 1. The first-order valence-electron chi connectivity index (χ1n) is 6.83. The van der Waals surface area contributed by atoms with Gasteiger partial charge in [0.15, 0.2) is 0 Å². The summed E-state index contributed by atoms with van der Waals surface area (Å²) in [4.78, 5) is 16.5. The smallest absolute Gasteiger partial charge is 0.238 e. The van der Waals surface area contributed by atoms with Gasteiger partial charge in [-0.3, -0.25) is 10.1 Å². The number of amides is 1. The van der Waals surface area contributed by atoms with Crippen LogP contribution in [0.4, 0.5) is 0 Å². The van der Waals surface area contributed by atoms with Crippen LogP contribution in [0, 0.1) is 12.8 Å². The second-order valence-electron chi connectivity index (χ2n) is 5.40. The van der Waals surface area contributed by atoms with Crippen LogP contribution >= 0.6 is 11.3 Å². The molecule has 3 rings (SSSR count). The van der Waals surface area contributed by atoms with Crippen molar-refractivity contribution in [2.24, 2.45) is 5.92 Å². The average molecular weight is 264 g/mol. The number of carbonyl (C=O) groups excluding carboxylic acids is 1. The van der Waals surface area contributed by atoms with Crippen molar-refractivity contribution in [1.29, 1.82) is 0 Å². The molecule has 18 heavy (non-hydrogen) atoms. The predicted octanol–water partition coefficient (Wildman–Crippen LogP) is 2.68. The van der Waals surface area contributed by atoms with Gasteiger partial charge in [0.05, 0.1) is 6.54 Å². The molecule has 1 N–H and O–H groups in total. The lowest BCUT2D eigenvalue weighted by atomic mass is 10.2. The first-order chi connectivity index (χ1) is 8.74. The Kier molecular flexibility index (Phi) is 3.39. The van der Waals surface area contributed by atoms with Crippen LogP contribution in [0.2, 0.25) is 0 Å². The van der Waals surface area contributed by atoms with Crippen molar-refractivity contribution >= 4 is 17.2 Å². The summed E-state index contributed by atoms with van der Waals surface area (Å²) < 4.78 is 0. The fourth-order valence-corrected chi connectivity index (χ4v) is 3.57. The Hall–Kier alpha value is -0.870. The first kappa shape index (κ1) is 12.2. The highest BCUT2D eigenvalue weighted by Crippen LogP contribution is 2.34. The van der Waals surface area contributed by atoms with Crippen LogP contribution in [-0.4, -0.2) is 23.9 Å². The van der Waals surface area contributed by atoms with Crippen LogP contribution in [0.15, 0.2) is 12.1 Å². The molecule has 0 spiro atoms. The summed E-state index contributed by atoms with van der Waals surface area (Å²) in [5.74, 6) is 1.21. The Morgan fingerprint density at radius 2 is 2.28 bits per heavy atom. The zero-order chi connectivity index (χ0) is 12.5. The molecule has 1 aromatic rings. The molecular formula is C14H20N2OS. The number of hydrogen-bond acceptors (Lipinski definition) is 3. The average Bonchev–Trinajstić information content (AvgIpc) is 2.97. The van der Waals surface area contributed by atoms with Crippen molar-refractivity contribution in [2.45, 2.75) is 38.8 Å². The van der Waals surface area contributed by atoms with Gasteiger partial charge < -0.3 is 4.90 Å². The van der Waals surface area contributed by atoms with Gasteiger partial charge in [-0.15, -0.1) is 11.3 Å². The van der Waals surface area contributed by atoms with E-state index in [2.05, 4.69) is 24.4 Å². The summed E-state index contributed by atoms with van der Waals surface area (Å²) >= 11 is 1.79. The van der Waals surface area contributed by atoms with Crippen molar-refractivity contribution in [2.75, 3.05) is 13.1 Å². The minimum Gasteiger partial charge on any atom is -0.321 e. The van der Waals surface area contributed by atoms with E-state index in [-0.39, 0.29) is 12.1 Å².